The smallest absolute Gasteiger partial charge is 0.378 e. The van der Waals surface area contributed by atoms with E-state index in [4.69, 9.17) is 10.5 Å². The summed E-state index contributed by atoms with van der Waals surface area (Å²) in [5, 5.41) is 0. The molecule has 82 valence electrons. The highest BCUT2D eigenvalue weighted by molar-refractivity contribution is 4.94. The van der Waals surface area contributed by atoms with Crippen molar-refractivity contribution in [3.05, 3.63) is 0 Å². The zero-order chi connectivity index (χ0) is 10.3. The number of nitrogens with two attached hydrogens (primary N) is 1. The molecule has 2 N–H and O–H groups in total. The van der Waals surface area contributed by atoms with Gasteiger partial charge in [0.25, 0.3) is 0 Å². The molecule has 2 fully saturated rings. The maximum atomic E-state index is 12.5. The molecule has 0 aromatic heterocycles. The Morgan fingerprint density at radius 3 is 2.57 bits per heavy atom. The average molecular weight is 209 g/mol. The van der Waals surface area contributed by atoms with Gasteiger partial charge in [-0.05, 0) is 19.3 Å². The number of alkyl halides is 3. The number of halogens is 3. The van der Waals surface area contributed by atoms with Gasteiger partial charge in [0.2, 0.25) is 0 Å². The summed E-state index contributed by atoms with van der Waals surface area (Å²) in [5.41, 5.74) is 5.73. The Bertz CT molecular complexity index is 219. The second-order valence-electron chi connectivity index (χ2n) is 4.24. The Labute approximate surface area is 80.6 Å². The molecule has 4 atom stereocenters. The molecular weight excluding hydrogens is 195 g/mol. The van der Waals surface area contributed by atoms with E-state index < -0.39 is 12.1 Å². The molecule has 0 spiro atoms. The lowest BCUT2D eigenvalue weighted by atomic mass is 9.76. The molecule has 0 amide bonds. The lowest BCUT2D eigenvalue weighted by Gasteiger charge is -2.36. The summed E-state index contributed by atoms with van der Waals surface area (Å²) in [6.45, 7) is 0.563. The van der Waals surface area contributed by atoms with Crippen molar-refractivity contribution in [1.29, 1.82) is 0 Å². The molecule has 2 rings (SSSR count). The van der Waals surface area contributed by atoms with Gasteiger partial charge >= 0.3 is 6.18 Å². The second-order valence-corrected chi connectivity index (χ2v) is 4.24. The third kappa shape index (κ3) is 1.75. The maximum absolute atomic E-state index is 12.5. The molecule has 2 nitrogen and oxygen atoms in total. The first-order valence-electron chi connectivity index (χ1n) is 4.92. The van der Waals surface area contributed by atoms with Crippen molar-refractivity contribution in [2.75, 3.05) is 6.61 Å². The van der Waals surface area contributed by atoms with Crippen LogP contribution in [0.25, 0.3) is 0 Å². The molecule has 1 aliphatic heterocycles. The quantitative estimate of drug-likeness (QED) is 0.659. The van der Waals surface area contributed by atoms with Gasteiger partial charge in [-0.3, -0.25) is 0 Å². The van der Waals surface area contributed by atoms with Gasteiger partial charge < -0.3 is 10.5 Å². The Hall–Kier alpha value is -0.290. The van der Waals surface area contributed by atoms with Crippen molar-refractivity contribution >= 4 is 0 Å². The van der Waals surface area contributed by atoms with Crippen LogP contribution < -0.4 is 5.73 Å². The topological polar surface area (TPSA) is 35.2 Å². The van der Waals surface area contributed by atoms with Crippen molar-refractivity contribution in [2.45, 2.75) is 37.6 Å². The van der Waals surface area contributed by atoms with Crippen LogP contribution in [-0.2, 0) is 4.74 Å². The van der Waals surface area contributed by atoms with Crippen LogP contribution >= 0.6 is 0 Å². The van der Waals surface area contributed by atoms with E-state index in [2.05, 4.69) is 0 Å². The molecule has 14 heavy (non-hydrogen) atoms. The molecule has 0 bridgehead atoms. The fourth-order valence-electron chi connectivity index (χ4n) is 2.54. The van der Waals surface area contributed by atoms with Crippen molar-refractivity contribution in [3.8, 4) is 0 Å². The van der Waals surface area contributed by atoms with E-state index in [1.807, 2.05) is 0 Å². The summed E-state index contributed by atoms with van der Waals surface area (Å²) in [6, 6.07) is -0.345. The van der Waals surface area contributed by atoms with Crippen molar-refractivity contribution in [2.24, 2.45) is 17.6 Å². The minimum atomic E-state index is -4.12. The van der Waals surface area contributed by atoms with E-state index >= 15 is 0 Å². The normalized spacial score (nSPS) is 43.7. The van der Waals surface area contributed by atoms with E-state index in [0.29, 0.717) is 6.61 Å². The lowest BCUT2D eigenvalue weighted by Crippen LogP contribution is -2.46. The van der Waals surface area contributed by atoms with E-state index in [9.17, 15) is 13.2 Å². The Kier molecular flexibility index (Phi) is 2.47. The molecule has 1 saturated carbocycles. The summed E-state index contributed by atoms with van der Waals surface area (Å²) in [4.78, 5) is 0. The fraction of sp³-hybridized carbons (Fsp3) is 1.00. The van der Waals surface area contributed by atoms with E-state index in [0.717, 1.165) is 6.42 Å². The Morgan fingerprint density at radius 2 is 1.93 bits per heavy atom. The maximum Gasteiger partial charge on any atom is 0.391 e. The monoisotopic (exact) mass is 209 g/mol. The first-order valence-corrected chi connectivity index (χ1v) is 4.92. The van der Waals surface area contributed by atoms with Crippen LogP contribution in [0.5, 0.6) is 0 Å². The van der Waals surface area contributed by atoms with Crippen LogP contribution in [0.1, 0.15) is 19.3 Å². The van der Waals surface area contributed by atoms with Gasteiger partial charge in [-0.15, -0.1) is 0 Å². The standard InChI is InChI=1S/C9H14F3NO/c10-9(11,12)5-3-7(13)6-1-2-14-8(6)4-5/h5-8H,1-4,13H2/t5-,6-,7+,8+/m0/s1. The predicted molar refractivity (Wildman–Crippen MR) is 44.6 cm³/mol. The van der Waals surface area contributed by atoms with E-state index in [1.165, 1.54) is 0 Å². The zero-order valence-electron chi connectivity index (χ0n) is 7.76. The van der Waals surface area contributed by atoms with Gasteiger partial charge in [-0.25, -0.2) is 0 Å². The zero-order valence-corrected chi connectivity index (χ0v) is 7.76. The lowest BCUT2D eigenvalue weighted by molar-refractivity contribution is -0.193. The van der Waals surface area contributed by atoms with Crippen LogP contribution in [0, 0.1) is 11.8 Å². The SMILES string of the molecule is N[C@@H]1C[C@H](C(F)(F)F)C[C@H]2OCC[C@@H]12. The summed E-state index contributed by atoms with van der Waals surface area (Å²) in [6.07, 6.45) is -3.40. The van der Waals surface area contributed by atoms with Gasteiger partial charge in [0.1, 0.15) is 0 Å². The third-order valence-corrected chi connectivity index (χ3v) is 3.35. The van der Waals surface area contributed by atoms with Gasteiger partial charge in [0.05, 0.1) is 12.0 Å². The van der Waals surface area contributed by atoms with Gasteiger partial charge in [0, 0.05) is 18.6 Å². The summed E-state index contributed by atoms with van der Waals surface area (Å²) in [7, 11) is 0. The number of hydrogen-bond acceptors (Lipinski definition) is 2. The molecule has 0 unspecified atom stereocenters. The molecule has 2 aliphatic rings. The molecular formula is C9H14F3NO. The first-order chi connectivity index (χ1) is 6.48. The Balaban J connectivity index is 2.06. The molecule has 0 aromatic rings. The van der Waals surface area contributed by atoms with Crippen molar-refractivity contribution in [3.63, 3.8) is 0 Å². The number of hydrogen-bond donors (Lipinski definition) is 1. The molecule has 0 aromatic carbocycles. The molecule has 5 heteroatoms. The summed E-state index contributed by atoms with van der Waals surface area (Å²) < 4.78 is 42.7. The molecule has 1 heterocycles. The summed E-state index contributed by atoms with van der Waals surface area (Å²) in [5.74, 6) is -1.12. The average Bonchev–Trinajstić information content (AvgIpc) is 2.50. The van der Waals surface area contributed by atoms with Crippen LogP contribution in [-0.4, -0.2) is 24.9 Å². The van der Waals surface area contributed by atoms with E-state index in [-0.39, 0.29) is 30.9 Å². The van der Waals surface area contributed by atoms with Crippen LogP contribution in [0.2, 0.25) is 0 Å². The molecule has 1 aliphatic carbocycles. The highest BCUT2D eigenvalue weighted by Crippen LogP contribution is 2.43. The third-order valence-electron chi connectivity index (χ3n) is 3.35. The minimum absolute atomic E-state index is 0.0635. The van der Waals surface area contributed by atoms with Gasteiger partial charge in [-0.1, -0.05) is 0 Å². The summed E-state index contributed by atoms with van der Waals surface area (Å²) >= 11 is 0. The highest BCUT2D eigenvalue weighted by atomic mass is 19.4. The van der Waals surface area contributed by atoms with Gasteiger partial charge in [0.15, 0.2) is 0 Å². The largest absolute Gasteiger partial charge is 0.391 e. The second kappa shape index (κ2) is 3.38. The van der Waals surface area contributed by atoms with Crippen molar-refractivity contribution in [1.82, 2.24) is 0 Å². The highest BCUT2D eigenvalue weighted by Gasteiger charge is 2.49. The minimum Gasteiger partial charge on any atom is -0.378 e. The number of ether oxygens (including phenoxy) is 1. The molecule has 0 radical (unpaired) electrons. The number of fused-ring (bicyclic) bond motifs is 1. The number of rotatable bonds is 0. The van der Waals surface area contributed by atoms with Crippen molar-refractivity contribution < 1.29 is 17.9 Å². The van der Waals surface area contributed by atoms with Gasteiger partial charge in [-0.2, -0.15) is 13.2 Å². The van der Waals surface area contributed by atoms with Crippen LogP contribution in [0.3, 0.4) is 0 Å². The van der Waals surface area contributed by atoms with Crippen LogP contribution in [0.4, 0.5) is 13.2 Å². The van der Waals surface area contributed by atoms with E-state index in [1.54, 1.807) is 0 Å². The first kappa shape index (κ1) is 10.2. The van der Waals surface area contributed by atoms with Crippen LogP contribution in [0.15, 0.2) is 0 Å². The molecule has 1 saturated heterocycles. The fourth-order valence-corrected chi connectivity index (χ4v) is 2.54. The predicted octanol–water partition coefficient (Wildman–Crippen LogP) is 1.69. The Morgan fingerprint density at radius 1 is 1.21 bits per heavy atom.